The number of anilines is 3. The summed E-state index contributed by atoms with van der Waals surface area (Å²) in [6.07, 6.45) is 3.78. The number of nitrogens with one attached hydrogen (secondary N) is 3. The molecule has 2 heterocycles. The minimum Gasteiger partial charge on any atom is -0.495 e. The van der Waals surface area contributed by atoms with Gasteiger partial charge < -0.3 is 30.5 Å². The third-order valence-corrected chi connectivity index (χ3v) is 6.75. The number of ether oxygens (including phenoxy) is 1. The van der Waals surface area contributed by atoms with Gasteiger partial charge in [-0.15, -0.1) is 0 Å². The largest absolute Gasteiger partial charge is 0.495 e. The van der Waals surface area contributed by atoms with E-state index in [-0.39, 0.29) is 17.9 Å². The Kier molecular flexibility index (Phi) is 8.60. The first-order valence-corrected chi connectivity index (χ1v) is 12.6. The number of likely N-dealkylation sites (tertiary alicyclic amines) is 1. The van der Waals surface area contributed by atoms with Crippen LogP contribution in [0.5, 0.6) is 5.75 Å². The second-order valence-corrected chi connectivity index (χ2v) is 9.28. The number of nitrogens with zero attached hydrogens (tertiary/aromatic N) is 2. The summed E-state index contributed by atoms with van der Waals surface area (Å²) >= 11 is 0. The van der Waals surface area contributed by atoms with Crippen LogP contribution in [0, 0.1) is 5.92 Å². The number of para-hydroxylation sites is 2. The van der Waals surface area contributed by atoms with E-state index in [0.717, 1.165) is 12.8 Å². The maximum Gasteiger partial charge on any atom is 0.321 e. The fourth-order valence-electron chi connectivity index (χ4n) is 4.62. The van der Waals surface area contributed by atoms with Crippen molar-refractivity contribution in [2.24, 2.45) is 5.92 Å². The number of rotatable bonds is 6. The monoisotopic (exact) mass is 507 g/mol. The van der Waals surface area contributed by atoms with Crippen LogP contribution in [-0.2, 0) is 14.4 Å². The number of hydrogen-bond acceptors (Lipinski definition) is 5. The van der Waals surface area contributed by atoms with Crippen molar-refractivity contribution in [2.45, 2.75) is 32.1 Å². The van der Waals surface area contributed by atoms with Crippen LogP contribution in [0.25, 0.3) is 0 Å². The molecule has 2 aromatic rings. The Morgan fingerprint density at radius 2 is 1.73 bits per heavy atom. The molecule has 0 radical (unpaired) electrons. The van der Waals surface area contributed by atoms with Crippen LogP contribution in [0.2, 0.25) is 0 Å². The molecule has 0 atom stereocenters. The molecule has 5 amide bonds. The summed E-state index contributed by atoms with van der Waals surface area (Å²) in [6.45, 7) is 2.11. The molecule has 2 aliphatic heterocycles. The van der Waals surface area contributed by atoms with Crippen molar-refractivity contribution in [3.63, 3.8) is 0 Å². The fraction of sp³-hybridized carbons (Fsp3) is 0.407. The van der Waals surface area contributed by atoms with Gasteiger partial charge in [0.05, 0.1) is 12.8 Å². The molecule has 0 saturated carbocycles. The van der Waals surface area contributed by atoms with Gasteiger partial charge in [-0.1, -0.05) is 18.2 Å². The van der Waals surface area contributed by atoms with Crippen molar-refractivity contribution in [1.29, 1.82) is 0 Å². The molecule has 2 fully saturated rings. The molecule has 3 N–H and O–H groups in total. The highest BCUT2D eigenvalue weighted by Gasteiger charge is 2.25. The van der Waals surface area contributed by atoms with Gasteiger partial charge in [-0.25, -0.2) is 4.79 Å². The molecule has 2 aliphatic rings. The average molecular weight is 508 g/mol. The normalized spacial score (nSPS) is 16.2. The second-order valence-electron chi connectivity index (χ2n) is 9.28. The quantitative estimate of drug-likeness (QED) is 0.519. The van der Waals surface area contributed by atoms with Gasteiger partial charge in [0.2, 0.25) is 5.91 Å². The molecule has 0 aromatic heterocycles. The maximum absolute atomic E-state index is 12.6. The molecular weight excluding hydrogens is 474 g/mol. The third-order valence-electron chi connectivity index (χ3n) is 6.75. The van der Waals surface area contributed by atoms with Crippen molar-refractivity contribution in [2.75, 3.05) is 48.8 Å². The summed E-state index contributed by atoms with van der Waals surface area (Å²) in [5, 5.41) is 8.20. The summed E-state index contributed by atoms with van der Waals surface area (Å²) in [5.41, 5.74) is 1.79. The number of methoxy groups -OCH3 is 1. The SMILES string of the molecule is COc1ccccc1NC(=O)N1CCC(CNC(=O)C(=O)Nc2cccc(N3CCCCC3=O)c2)CC1. The fourth-order valence-corrected chi connectivity index (χ4v) is 4.62. The van der Waals surface area contributed by atoms with Crippen molar-refractivity contribution in [3.8, 4) is 5.75 Å². The van der Waals surface area contributed by atoms with E-state index >= 15 is 0 Å². The van der Waals surface area contributed by atoms with Gasteiger partial charge in [0.15, 0.2) is 0 Å². The molecule has 0 bridgehead atoms. The Bertz CT molecular complexity index is 1150. The predicted molar refractivity (Wildman–Crippen MR) is 141 cm³/mol. The number of piperidine rings is 2. The van der Waals surface area contributed by atoms with Gasteiger partial charge in [0, 0.05) is 44.0 Å². The van der Waals surface area contributed by atoms with E-state index in [1.165, 1.54) is 0 Å². The molecule has 0 spiro atoms. The van der Waals surface area contributed by atoms with E-state index in [1.807, 2.05) is 18.2 Å². The zero-order chi connectivity index (χ0) is 26.2. The van der Waals surface area contributed by atoms with Gasteiger partial charge in [-0.05, 0) is 61.9 Å². The number of carbonyl (C=O) groups is 4. The van der Waals surface area contributed by atoms with E-state index < -0.39 is 11.8 Å². The zero-order valence-corrected chi connectivity index (χ0v) is 21.0. The molecular formula is C27H33N5O5. The molecule has 2 saturated heterocycles. The predicted octanol–water partition coefficient (Wildman–Crippen LogP) is 3.21. The van der Waals surface area contributed by atoms with Gasteiger partial charge >= 0.3 is 17.8 Å². The lowest BCUT2D eigenvalue weighted by molar-refractivity contribution is -0.136. The highest BCUT2D eigenvalue weighted by Crippen LogP contribution is 2.25. The zero-order valence-electron chi connectivity index (χ0n) is 21.0. The van der Waals surface area contributed by atoms with Crippen LogP contribution in [0.4, 0.5) is 21.9 Å². The lowest BCUT2D eigenvalue weighted by Gasteiger charge is -2.32. The van der Waals surface area contributed by atoms with Crippen LogP contribution in [0.3, 0.4) is 0 Å². The smallest absolute Gasteiger partial charge is 0.321 e. The second kappa shape index (κ2) is 12.2. The number of benzene rings is 2. The van der Waals surface area contributed by atoms with Crippen molar-refractivity contribution in [1.82, 2.24) is 10.2 Å². The Morgan fingerprint density at radius 3 is 2.49 bits per heavy atom. The first kappa shape index (κ1) is 26.0. The summed E-state index contributed by atoms with van der Waals surface area (Å²) in [6, 6.07) is 14.0. The molecule has 4 rings (SSSR count). The van der Waals surface area contributed by atoms with Crippen molar-refractivity contribution >= 4 is 40.8 Å². The highest BCUT2D eigenvalue weighted by molar-refractivity contribution is 6.39. The molecule has 2 aromatic carbocycles. The first-order chi connectivity index (χ1) is 17.9. The number of amides is 5. The Labute approximate surface area is 216 Å². The minimum absolute atomic E-state index is 0.0655. The molecule has 0 aliphatic carbocycles. The number of urea groups is 1. The Balaban J connectivity index is 1.21. The summed E-state index contributed by atoms with van der Waals surface area (Å²) < 4.78 is 5.28. The van der Waals surface area contributed by atoms with Crippen molar-refractivity contribution < 1.29 is 23.9 Å². The van der Waals surface area contributed by atoms with E-state index in [2.05, 4.69) is 16.0 Å². The number of hydrogen-bond donors (Lipinski definition) is 3. The van der Waals surface area contributed by atoms with E-state index in [9.17, 15) is 19.2 Å². The van der Waals surface area contributed by atoms with Crippen LogP contribution in [0.1, 0.15) is 32.1 Å². The standard InChI is InChI=1S/C27H33N5O5/c1-37-23-10-3-2-9-22(23)30-27(36)31-15-12-19(13-16-31)18-28-25(34)26(35)29-20-7-6-8-21(17-20)32-14-5-4-11-24(32)33/h2-3,6-10,17,19H,4-5,11-16,18H2,1H3,(H,28,34)(H,29,35)(H,30,36). The summed E-state index contributed by atoms with van der Waals surface area (Å²) in [7, 11) is 1.56. The van der Waals surface area contributed by atoms with Gasteiger partial charge in [0.1, 0.15) is 5.75 Å². The molecule has 10 heteroatoms. The lowest BCUT2D eigenvalue weighted by atomic mass is 9.97. The van der Waals surface area contributed by atoms with Gasteiger partial charge in [-0.3, -0.25) is 14.4 Å². The summed E-state index contributed by atoms with van der Waals surface area (Å²) in [4.78, 5) is 53.1. The first-order valence-electron chi connectivity index (χ1n) is 12.6. The number of carbonyl (C=O) groups excluding carboxylic acids is 4. The maximum atomic E-state index is 12.6. The lowest BCUT2D eigenvalue weighted by Crippen LogP contribution is -2.44. The Morgan fingerprint density at radius 1 is 0.946 bits per heavy atom. The third kappa shape index (κ3) is 6.78. The van der Waals surface area contributed by atoms with E-state index in [0.29, 0.717) is 68.3 Å². The molecule has 196 valence electrons. The van der Waals surface area contributed by atoms with E-state index in [4.69, 9.17) is 4.74 Å². The van der Waals surface area contributed by atoms with Gasteiger partial charge in [-0.2, -0.15) is 0 Å². The van der Waals surface area contributed by atoms with Crippen molar-refractivity contribution in [3.05, 3.63) is 48.5 Å². The van der Waals surface area contributed by atoms with Crippen LogP contribution in [-0.4, -0.2) is 61.9 Å². The van der Waals surface area contributed by atoms with E-state index in [1.54, 1.807) is 47.2 Å². The minimum atomic E-state index is -0.754. The van der Waals surface area contributed by atoms with Crippen LogP contribution < -0.4 is 25.6 Å². The van der Waals surface area contributed by atoms with Crippen LogP contribution in [0.15, 0.2) is 48.5 Å². The molecule has 37 heavy (non-hydrogen) atoms. The Hall–Kier alpha value is -4.08. The molecule has 10 nitrogen and oxygen atoms in total. The summed E-state index contributed by atoms with van der Waals surface area (Å²) in [5.74, 6) is -0.638. The van der Waals surface area contributed by atoms with Crippen LogP contribution >= 0.6 is 0 Å². The van der Waals surface area contributed by atoms with Gasteiger partial charge in [0.25, 0.3) is 0 Å². The molecule has 0 unspecified atom stereocenters. The topological polar surface area (TPSA) is 120 Å². The highest BCUT2D eigenvalue weighted by atomic mass is 16.5. The average Bonchev–Trinajstić information content (AvgIpc) is 2.92.